The smallest absolute Gasteiger partial charge is 0.246 e. The van der Waals surface area contributed by atoms with Gasteiger partial charge in [0.05, 0.1) is 5.69 Å². The minimum absolute atomic E-state index is 0.102. The molecule has 7 heteroatoms. The predicted molar refractivity (Wildman–Crippen MR) is 116 cm³/mol. The van der Waals surface area contributed by atoms with Crippen LogP contribution >= 0.6 is 27.3 Å². The molecule has 140 valence electrons. The van der Waals surface area contributed by atoms with Crippen LogP contribution in [0.15, 0.2) is 59.2 Å². The molecule has 0 aliphatic carbocycles. The summed E-state index contributed by atoms with van der Waals surface area (Å²) in [5, 5.41) is 4.25. The molecule has 0 aliphatic heterocycles. The first kappa shape index (κ1) is 18.6. The molecule has 4 rings (SSSR count). The summed E-state index contributed by atoms with van der Waals surface area (Å²) in [6, 6.07) is 15.5. The summed E-state index contributed by atoms with van der Waals surface area (Å²) >= 11 is 4.87. The highest BCUT2D eigenvalue weighted by molar-refractivity contribution is 9.10. The van der Waals surface area contributed by atoms with E-state index in [9.17, 15) is 9.59 Å². The van der Waals surface area contributed by atoms with Gasteiger partial charge < -0.3 is 9.88 Å². The van der Waals surface area contributed by atoms with Crippen molar-refractivity contribution < 1.29 is 9.59 Å². The first-order valence-corrected chi connectivity index (χ1v) is 10.2. The zero-order valence-corrected chi connectivity index (χ0v) is 17.4. The van der Waals surface area contributed by atoms with Crippen LogP contribution in [0.3, 0.4) is 0 Å². The van der Waals surface area contributed by atoms with Crippen molar-refractivity contribution in [1.82, 2.24) is 9.55 Å². The van der Waals surface area contributed by atoms with E-state index < -0.39 is 0 Å². The molecular formula is C21H16BrN3O2S. The number of anilines is 1. The van der Waals surface area contributed by atoms with Gasteiger partial charge >= 0.3 is 0 Å². The van der Waals surface area contributed by atoms with E-state index in [2.05, 4.69) is 26.2 Å². The van der Waals surface area contributed by atoms with Crippen LogP contribution in [0, 0.1) is 6.92 Å². The summed E-state index contributed by atoms with van der Waals surface area (Å²) in [5.41, 5.74) is 3.29. The third-order valence-corrected chi connectivity index (χ3v) is 5.78. The van der Waals surface area contributed by atoms with Crippen molar-refractivity contribution >= 4 is 55.5 Å². The molecule has 0 unspecified atom stereocenters. The number of nitrogens with zero attached hydrogens (tertiary/aromatic N) is 2. The van der Waals surface area contributed by atoms with Crippen molar-refractivity contribution in [3.8, 4) is 11.3 Å². The minimum atomic E-state index is -0.189. The number of carbonyl (C=O) groups excluding carboxylic acids is 2. The summed E-state index contributed by atoms with van der Waals surface area (Å²) in [6.45, 7) is 2.09. The summed E-state index contributed by atoms with van der Waals surface area (Å²) in [5.74, 6) is -0.189. The second kappa shape index (κ2) is 7.69. The number of aryl methyl sites for hydroxylation is 1. The van der Waals surface area contributed by atoms with Crippen LogP contribution in [0.2, 0.25) is 0 Å². The third-order valence-electron chi connectivity index (χ3n) is 4.41. The number of fused-ring (bicyclic) bond motifs is 1. The zero-order chi connectivity index (χ0) is 19.7. The number of hydrogen-bond acceptors (Lipinski definition) is 4. The van der Waals surface area contributed by atoms with Crippen LogP contribution in [0.5, 0.6) is 0 Å². The number of benzene rings is 2. The maximum Gasteiger partial charge on any atom is 0.246 e. The van der Waals surface area contributed by atoms with Crippen molar-refractivity contribution in [1.29, 1.82) is 0 Å². The van der Waals surface area contributed by atoms with E-state index in [4.69, 9.17) is 0 Å². The number of carbonyl (C=O) groups is 2. The van der Waals surface area contributed by atoms with Crippen molar-refractivity contribution in [3.63, 3.8) is 0 Å². The van der Waals surface area contributed by atoms with Gasteiger partial charge in [-0.25, -0.2) is 4.98 Å². The van der Waals surface area contributed by atoms with E-state index >= 15 is 0 Å². The average molecular weight is 454 g/mol. The monoisotopic (exact) mass is 453 g/mol. The Balaban J connectivity index is 1.56. The van der Waals surface area contributed by atoms with Gasteiger partial charge in [0, 0.05) is 37.6 Å². The molecular weight excluding hydrogens is 438 g/mol. The van der Waals surface area contributed by atoms with Gasteiger partial charge in [-0.1, -0.05) is 46.3 Å². The predicted octanol–water partition coefficient (Wildman–Crippen LogP) is 5.29. The van der Waals surface area contributed by atoms with Gasteiger partial charge in [-0.2, -0.15) is 0 Å². The minimum Gasteiger partial charge on any atom is -0.337 e. The lowest BCUT2D eigenvalue weighted by molar-refractivity contribution is -0.116. The molecule has 0 spiro atoms. The Bertz CT molecular complexity index is 1180. The van der Waals surface area contributed by atoms with Crippen molar-refractivity contribution in [2.24, 2.45) is 0 Å². The molecule has 2 heterocycles. The van der Waals surface area contributed by atoms with E-state index in [-0.39, 0.29) is 12.5 Å². The second-order valence-electron chi connectivity index (χ2n) is 6.33. The standard InChI is InChI=1S/C21H16BrN3O2S/c1-13-20(14-5-3-2-4-6-14)24-21(28-13)23-19(27)11-25-10-15(12-26)17-9-16(22)7-8-18(17)25/h2-10,12H,11H2,1H3,(H,23,24,27). The number of nitrogens with one attached hydrogen (secondary N) is 1. The van der Waals surface area contributed by atoms with E-state index in [1.807, 2.05) is 55.5 Å². The average Bonchev–Trinajstić information content (AvgIpc) is 3.22. The van der Waals surface area contributed by atoms with Crippen LogP contribution in [-0.4, -0.2) is 21.7 Å². The van der Waals surface area contributed by atoms with Crippen LogP contribution in [0.1, 0.15) is 15.2 Å². The van der Waals surface area contributed by atoms with E-state index in [1.54, 1.807) is 10.8 Å². The van der Waals surface area contributed by atoms with Gasteiger partial charge in [0.2, 0.25) is 5.91 Å². The molecule has 0 bridgehead atoms. The molecule has 0 saturated heterocycles. The third kappa shape index (κ3) is 3.63. The molecule has 1 N–H and O–H groups in total. The fourth-order valence-electron chi connectivity index (χ4n) is 3.15. The highest BCUT2D eigenvalue weighted by Gasteiger charge is 2.14. The molecule has 0 aliphatic rings. The normalized spacial score (nSPS) is 10.9. The first-order valence-electron chi connectivity index (χ1n) is 8.61. The number of amides is 1. The number of rotatable bonds is 5. The van der Waals surface area contributed by atoms with E-state index in [0.29, 0.717) is 10.7 Å². The Labute approximate surface area is 174 Å². The Morgan fingerprint density at radius 1 is 1.25 bits per heavy atom. The second-order valence-corrected chi connectivity index (χ2v) is 8.45. The fourth-order valence-corrected chi connectivity index (χ4v) is 4.36. The largest absolute Gasteiger partial charge is 0.337 e. The molecule has 0 atom stereocenters. The van der Waals surface area contributed by atoms with E-state index in [1.165, 1.54) is 11.3 Å². The van der Waals surface area contributed by atoms with Crippen LogP contribution in [0.4, 0.5) is 5.13 Å². The molecule has 2 aromatic carbocycles. The molecule has 0 saturated carbocycles. The first-order chi connectivity index (χ1) is 13.5. The SMILES string of the molecule is Cc1sc(NC(=O)Cn2cc(C=O)c3cc(Br)ccc32)nc1-c1ccccc1. The summed E-state index contributed by atoms with van der Waals surface area (Å²) in [4.78, 5) is 29.6. The fraction of sp³-hybridized carbons (Fsp3) is 0.0952. The van der Waals surface area contributed by atoms with Gasteiger partial charge in [-0.05, 0) is 25.1 Å². The highest BCUT2D eigenvalue weighted by atomic mass is 79.9. The molecule has 0 fully saturated rings. The quantitative estimate of drug-likeness (QED) is 0.417. The van der Waals surface area contributed by atoms with Crippen molar-refractivity contribution in [3.05, 3.63) is 69.6 Å². The Morgan fingerprint density at radius 3 is 2.79 bits per heavy atom. The van der Waals surface area contributed by atoms with E-state index in [0.717, 1.165) is 37.8 Å². The lowest BCUT2D eigenvalue weighted by Gasteiger charge is -2.05. The number of hydrogen-bond donors (Lipinski definition) is 1. The van der Waals surface area contributed by atoms with Crippen LogP contribution in [0.25, 0.3) is 22.2 Å². The summed E-state index contributed by atoms with van der Waals surface area (Å²) in [6.07, 6.45) is 2.51. The molecule has 4 aromatic rings. The number of halogens is 1. The summed E-state index contributed by atoms with van der Waals surface area (Å²) in [7, 11) is 0. The van der Waals surface area contributed by atoms with Gasteiger partial charge in [0.15, 0.2) is 11.4 Å². The van der Waals surface area contributed by atoms with Gasteiger partial charge in [0.1, 0.15) is 6.54 Å². The number of aldehydes is 1. The number of aromatic nitrogens is 2. The number of thiazole rings is 1. The van der Waals surface area contributed by atoms with Crippen molar-refractivity contribution in [2.75, 3.05) is 5.32 Å². The maximum absolute atomic E-state index is 12.6. The molecule has 28 heavy (non-hydrogen) atoms. The zero-order valence-electron chi connectivity index (χ0n) is 15.0. The van der Waals surface area contributed by atoms with Crippen molar-refractivity contribution in [2.45, 2.75) is 13.5 Å². The Kier molecular flexibility index (Phi) is 5.11. The summed E-state index contributed by atoms with van der Waals surface area (Å²) < 4.78 is 2.66. The topological polar surface area (TPSA) is 64.0 Å². The lowest BCUT2D eigenvalue weighted by atomic mass is 10.1. The van der Waals surface area contributed by atoms with Gasteiger partial charge in [-0.15, -0.1) is 11.3 Å². The van der Waals surface area contributed by atoms with Gasteiger partial charge in [-0.3, -0.25) is 9.59 Å². The maximum atomic E-state index is 12.6. The van der Waals surface area contributed by atoms with Crippen LogP contribution in [-0.2, 0) is 11.3 Å². The van der Waals surface area contributed by atoms with Gasteiger partial charge in [0.25, 0.3) is 0 Å². The molecule has 1 amide bonds. The lowest BCUT2D eigenvalue weighted by Crippen LogP contribution is -2.18. The highest BCUT2D eigenvalue weighted by Crippen LogP contribution is 2.30. The Hall–Kier alpha value is -2.77. The van der Waals surface area contributed by atoms with Crippen LogP contribution < -0.4 is 5.32 Å². The molecule has 5 nitrogen and oxygen atoms in total. The molecule has 0 radical (unpaired) electrons. The molecule has 2 aromatic heterocycles. The Morgan fingerprint density at radius 2 is 2.04 bits per heavy atom.